The fraction of sp³-hybridized carbons (Fsp3) is 0.250. The number of hydrogen-bond acceptors (Lipinski definition) is 2. The molecule has 0 bridgehead atoms. The molecule has 0 aliphatic heterocycles. The third kappa shape index (κ3) is 1.79. The first-order chi connectivity index (χ1) is 7.61. The predicted molar refractivity (Wildman–Crippen MR) is 62.5 cm³/mol. The number of aromatic amines is 1. The van der Waals surface area contributed by atoms with Crippen LogP contribution in [-0.2, 0) is 4.79 Å². The number of carbonyl (C=O) groups is 1. The monoisotopic (exact) mass is 218 g/mol. The van der Waals surface area contributed by atoms with Crippen molar-refractivity contribution in [2.24, 2.45) is 0 Å². The summed E-state index contributed by atoms with van der Waals surface area (Å²) in [7, 11) is 1.64. The van der Waals surface area contributed by atoms with Crippen LogP contribution in [0.2, 0.25) is 0 Å². The summed E-state index contributed by atoms with van der Waals surface area (Å²) in [5.74, 6) is -0.867. The zero-order valence-corrected chi connectivity index (χ0v) is 9.24. The van der Waals surface area contributed by atoms with Gasteiger partial charge in [0.25, 0.3) is 0 Å². The van der Waals surface area contributed by atoms with E-state index >= 15 is 0 Å². The smallest absolute Gasteiger partial charge is 0.325 e. The normalized spacial score (nSPS) is 12.9. The maximum Gasteiger partial charge on any atom is 0.325 e. The standard InChI is InChI=1S/C12H14N2O2/c1-7-5-9-6-8(3-4-10(9)14-7)11(13-2)12(15)16/h3-6,11,13-14H,1-2H3,(H,15,16). The quantitative estimate of drug-likeness (QED) is 0.736. The van der Waals surface area contributed by atoms with Crippen molar-refractivity contribution < 1.29 is 9.90 Å². The Balaban J connectivity index is 2.48. The number of aryl methyl sites for hydroxylation is 1. The third-order valence-electron chi connectivity index (χ3n) is 2.65. The fourth-order valence-corrected chi connectivity index (χ4v) is 1.91. The van der Waals surface area contributed by atoms with Gasteiger partial charge in [-0.25, -0.2) is 0 Å². The molecule has 2 rings (SSSR count). The average Bonchev–Trinajstić information content (AvgIpc) is 2.57. The Labute approximate surface area is 93.3 Å². The van der Waals surface area contributed by atoms with Gasteiger partial charge in [-0.05, 0) is 43.1 Å². The van der Waals surface area contributed by atoms with Crippen LogP contribution >= 0.6 is 0 Å². The number of hydrogen-bond donors (Lipinski definition) is 3. The lowest BCUT2D eigenvalue weighted by Gasteiger charge is -2.11. The van der Waals surface area contributed by atoms with Gasteiger partial charge in [0.1, 0.15) is 6.04 Å². The van der Waals surface area contributed by atoms with Crippen LogP contribution in [0.5, 0.6) is 0 Å². The van der Waals surface area contributed by atoms with Crippen LogP contribution in [-0.4, -0.2) is 23.1 Å². The van der Waals surface area contributed by atoms with Crippen LogP contribution in [0.25, 0.3) is 10.9 Å². The van der Waals surface area contributed by atoms with Crippen LogP contribution in [0, 0.1) is 6.92 Å². The van der Waals surface area contributed by atoms with Gasteiger partial charge in [-0.3, -0.25) is 4.79 Å². The number of H-pyrrole nitrogens is 1. The lowest BCUT2D eigenvalue weighted by Crippen LogP contribution is -2.24. The second-order valence-electron chi connectivity index (χ2n) is 3.86. The van der Waals surface area contributed by atoms with Crippen molar-refractivity contribution in [3.8, 4) is 0 Å². The highest BCUT2D eigenvalue weighted by atomic mass is 16.4. The van der Waals surface area contributed by atoms with Gasteiger partial charge < -0.3 is 15.4 Å². The number of nitrogens with one attached hydrogen (secondary N) is 2. The van der Waals surface area contributed by atoms with E-state index in [1.54, 1.807) is 7.05 Å². The zero-order valence-electron chi connectivity index (χ0n) is 9.24. The maximum absolute atomic E-state index is 11.0. The van der Waals surface area contributed by atoms with Gasteiger partial charge in [-0.15, -0.1) is 0 Å². The summed E-state index contributed by atoms with van der Waals surface area (Å²) in [6.45, 7) is 1.98. The highest BCUT2D eigenvalue weighted by Crippen LogP contribution is 2.21. The van der Waals surface area contributed by atoms with Gasteiger partial charge in [-0.2, -0.15) is 0 Å². The Morgan fingerprint density at radius 2 is 2.19 bits per heavy atom. The summed E-state index contributed by atoms with van der Waals surface area (Å²) in [6.07, 6.45) is 0. The topological polar surface area (TPSA) is 65.1 Å². The predicted octanol–water partition coefficient (Wildman–Crippen LogP) is 1.82. The number of rotatable bonds is 3. The van der Waals surface area contributed by atoms with Crippen molar-refractivity contribution in [2.75, 3.05) is 7.05 Å². The molecule has 0 saturated carbocycles. The summed E-state index contributed by atoms with van der Waals surface area (Å²) >= 11 is 0. The molecule has 0 aliphatic carbocycles. The van der Waals surface area contributed by atoms with Crippen LogP contribution < -0.4 is 5.32 Å². The number of aliphatic carboxylic acids is 1. The van der Waals surface area contributed by atoms with Crippen LogP contribution in [0.3, 0.4) is 0 Å². The third-order valence-corrected chi connectivity index (χ3v) is 2.65. The molecule has 1 aromatic carbocycles. The van der Waals surface area contributed by atoms with Crippen LogP contribution in [0.4, 0.5) is 0 Å². The molecular formula is C12H14N2O2. The van der Waals surface area contributed by atoms with E-state index in [9.17, 15) is 4.79 Å². The summed E-state index contributed by atoms with van der Waals surface area (Å²) in [4.78, 5) is 14.2. The van der Waals surface area contributed by atoms with Crippen LogP contribution in [0.1, 0.15) is 17.3 Å². The Bertz CT molecular complexity index is 531. The van der Waals surface area contributed by atoms with E-state index in [0.29, 0.717) is 0 Å². The zero-order chi connectivity index (χ0) is 11.7. The van der Waals surface area contributed by atoms with Gasteiger partial charge in [0.05, 0.1) is 0 Å². The number of carboxylic acid groups (broad SMARTS) is 1. The molecule has 1 aromatic heterocycles. The van der Waals surface area contributed by atoms with Crippen molar-refractivity contribution >= 4 is 16.9 Å². The van der Waals surface area contributed by atoms with Crippen molar-refractivity contribution in [1.29, 1.82) is 0 Å². The van der Waals surface area contributed by atoms with Gasteiger partial charge in [0, 0.05) is 11.2 Å². The molecule has 4 nitrogen and oxygen atoms in total. The Morgan fingerprint density at radius 3 is 2.81 bits per heavy atom. The van der Waals surface area contributed by atoms with Crippen molar-refractivity contribution in [3.05, 3.63) is 35.5 Å². The number of aromatic nitrogens is 1. The fourth-order valence-electron chi connectivity index (χ4n) is 1.91. The molecule has 1 atom stereocenters. The molecule has 0 amide bonds. The number of carboxylic acids is 1. The van der Waals surface area contributed by atoms with Gasteiger partial charge in [0.2, 0.25) is 0 Å². The molecule has 4 heteroatoms. The first-order valence-electron chi connectivity index (χ1n) is 5.11. The van der Waals surface area contributed by atoms with Crippen LogP contribution in [0.15, 0.2) is 24.3 Å². The molecule has 1 heterocycles. The number of benzene rings is 1. The van der Waals surface area contributed by atoms with E-state index < -0.39 is 12.0 Å². The van der Waals surface area contributed by atoms with E-state index in [2.05, 4.69) is 10.3 Å². The molecule has 0 aliphatic rings. The van der Waals surface area contributed by atoms with Crippen molar-refractivity contribution in [1.82, 2.24) is 10.3 Å². The second kappa shape index (κ2) is 3.98. The Hall–Kier alpha value is -1.81. The molecule has 0 spiro atoms. The first-order valence-corrected chi connectivity index (χ1v) is 5.11. The van der Waals surface area contributed by atoms with E-state index in [0.717, 1.165) is 22.2 Å². The molecule has 84 valence electrons. The summed E-state index contributed by atoms with van der Waals surface area (Å²) in [5.41, 5.74) is 2.87. The molecule has 0 fully saturated rings. The minimum Gasteiger partial charge on any atom is -0.480 e. The van der Waals surface area contributed by atoms with Gasteiger partial charge >= 0.3 is 5.97 Å². The van der Waals surface area contributed by atoms with Gasteiger partial charge in [-0.1, -0.05) is 6.07 Å². The van der Waals surface area contributed by atoms with E-state index in [1.165, 1.54) is 0 Å². The number of likely N-dealkylation sites (N-methyl/N-ethyl adjacent to an activating group) is 1. The lowest BCUT2D eigenvalue weighted by atomic mass is 10.1. The van der Waals surface area contributed by atoms with E-state index in [-0.39, 0.29) is 0 Å². The molecule has 1 unspecified atom stereocenters. The molecule has 3 N–H and O–H groups in total. The van der Waals surface area contributed by atoms with Crippen molar-refractivity contribution in [3.63, 3.8) is 0 Å². The SMILES string of the molecule is CNC(C(=O)O)c1ccc2[nH]c(C)cc2c1. The summed E-state index contributed by atoms with van der Waals surface area (Å²) in [5, 5.41) is 12.9. The molecule has 0 saturated heterocycles. The summed E-state index contributed by atoms with van der Waals surface area (Å²) in [6, 6.07) is 6.99. The molecule has 0 radical (unpaired) electrons. The Morgan fingerprint density at radius 1 is 1.44 bits per heavy atom. The summed E-state index contributed by atoms with van der Waals surface area (Å²) < 4.78 is 0. The average molecular weight is 218 g/mol. The second-order valence-corrected chi connectivity index (χ2v) is 3.86. The first kappa shape index (κ1) is 10.7. The molecular weight excluding hydrogens is 204 g/mol. The largest absolute Gasteiger partial charge is 0.480 e. The highest BCUT2D eigenvalue weighted by molar-refractivity contribution is 5.83. The van der Waals surface area contributed by atoms with E-state index in [4.69, 9.17) is 5.11 Å². The highest BCUT2D eigenvalue weighted by Gasteiger charge is 2.17. The molecule has 2 aromatic rings. The van der Waals surface area contributed by atoms with Crippen molar-refractivity contribution in [2.45, 2.75) is 13.0 Å². The lowest BCUT2D eigenvalue weighted by molar-refractivity contribution is -0.139. The van der Waals surface area contributed by atoms with Gasteiger partial charge in [0.15, 0.2) is 0 Å². The maximum atomic E-state index is 11.0. The number of fused-ring (bicyclic) bond motifs is 1. The minimum atomic E-state index is -0.867. The molecule has 16 heavy (non-hydrogen) atoms. The van der Waals surface area contributed by atoms with E-state index in [1.807, 2.05) is 31.2 Å². The minimum absolute atomic E-state index is 0.653. The Kier molecular flexibility index (Phi) is 2.66.